The summed E-state index contributed by atoms with van der Waals surface area (Å²) in [7, 11) is 0. The molecule has 0 bridgehead atoms. The minimum absolute atomic E-state index is 0.633. The van der Waals surface area contributed by atoms with Crippen molar-refractivity contribution in [1.29, 1.82) is 0 Å². The lowest BCUT2D eigenvalue weighted by Gasteiger charge is -2.14. The number of aromatic nitrogens is 1. The summed E-state index contributed by atoms with van der Waals surface area (Å²) < 4.78 is 0. The molecule has 0 aliphatic heterocycles. The van der Waals surface area contributed by atoms with E-state index in [2.05, 4.69) is 35.5 Å². The summed E-state index contributed by atoms with van der Waals surface area (Å²) in [6.45, 7) is 5.36. The lowest BCUT2D eigenvalue weighted by atomic mass is 10.1. The first-order chi connectivity index (χ1) is 7.78. The zero-order chi connectivity index (χ0) is 11.4. The molecule has 1 aliphatic rings. The maximum Gasteiger partial charge on any atom is 0.0549 e. The fraction of sp³-hybridized carbons (Fsp3) is 0.615. The average molecular weight is 219 g/mol. The lowest BCUT2D eigenvalue weighted by molar-refractivity contribution is 0.602. The van der Waals surface area contributed by atoms with Crippen LogP contribution in [-0.2, 0) is 0 Å². The van der Waals surface area contributed by atoms with Crippen molar-refractivity contribution in [1.82, 2.24) is 4.98 Å². The van der Waals surface area contributed by atoms with Gasteiger partial charge in [0, 0.05) is 12.6 Å². The van der Waals surface area contributed by atoms with Gasteiger partial charge in [0.05, 0.1) is 23.8 Å². The van der Waals surface area contributed by atoms with Crippen molar-refractivity contribution in [2.75, 3.05) is 17.2 Å². The van der Waals surface area contributed by atoms with Crippen LogP contribution in [0.4, 0.5) is 11.4 Å². The van der Waals surface area contributed by atoms with Gasteiger partial charge in [-0.25, -0.2) is 0 Å². The lowest BCUT2D eigenvalue weighted by Crippen LogP contribution is -2.15. The zero-order valence-electron chi connectivity index (χ0n) is 10.2. The van der Waals surface area contributed by atoms with Crippen LogP contribution in [0.25, 0.3) is 0 Å². The summed E-state index contributed by atoms with van der Waals surface area (Å²) in [5.41, 5.74) is 2.23. The van der Waals surface area contributed by atoms with Crippen molar-refractivity contribution in [3.63, 3.8) is 0 Å². The molecule has 0 saturated heterocycles. The molecule has 0 spiro atoms. The van der Waals surface area contributed by atoms with E-state index in [1.165, 1.54) is 19.3 Å². The first-order valence-corrected chi connectivity index (χ1v) is 6.23. The fourth-order valence-corrected chi connectivity index (χ4v) is 2.39. The highest BCUT2D eigenvalue weighted by Gasteiger charge is 2.20. The van der Waals surface area contributed by atoms with Crippen LogP contribution in [-0.4, -0.2) is 17.6 Å². The Morgan fingerprint density at radius 3 is 2.81 bits per heavy atom. The second kappa shape index (κ2) is 5.19. The van der Waals surface area contributed by atoms with Gasteiger partial charge < -0.3 is 10.6 Å². The van der Waals surface area contributed by atoms with Gasteiger partial charge >= 0.3 is 0 Å². The number of rotatable bonds is 4. The van der Waals surface area contributed by atoms with Gasteiger partial charge in [-0.2, -0.15) is 0 Å². The SMILES string of the molecule is CCNc1cncc(NC2CCC(C)C2)c1. The molecule has 1 aromatic rings. The Hall–Kier alpha value is -1.25. The maximum absolute atomic E-state index is 4.24. The molecule has 2 atom stereocenters. The second-order valence-electron chi connectivity index (χ2n) is 4.75. The van der Waals surface area contributed by atoms with Gasteiger partial charge in [-0.1, -0.05) is 6.92 Å². The Bertz CT molecular complexity index is 338. The molecule has 1 saturated carbocycles. The van der Waals surface area contributed by atoms with Crippen LogP contribution in [0.1, 0.15) is 33.1 Å². The van der Waals surface area contributed by atoms with Crippen LogP contribution in [0.5, 0.6) is 0 Å². The van der Waals surface area contributed by atoms with Gasteiger partial charge in [-0.3, -0.25) is 4.98 Å². The van der Waals surface area contributed by atoms with Crippen LogP contribution in [0, 0.1) is 5.92 Å². The molecule has 1 heterocycles. The quantitative estimate of drug-likeness (QED) is 0.817. The minimum atomic E-state index is 0.633. The van der Waals surface area contributed by atoms with E-state index < -0.39 is 0 Å². The Kier molecular flexibility index (Phi) is 3.65. The van der Waals surface area contributed by atoms with Gasteiger partial charge in [0.2, 0.25) is 0 Å². The molecule has 1 aliphatic carbocycles. The number of nitrogens with zero attached hydrogens (tertiary/aromatic N) is 1. The second-order valence-corrected chi connectivity index (χ2v) is 4.75. The first kappa shape index (κ1) is 11.2. The van der Waals surface area contributed by atoms with Crippen molar-refractivity contribution in [2.24, 2.45) is 5.92 Å². The predicted octanol–water partition coefficient (Wildman–Crippen LogP) is 3.11. The van der Waals surface area contributed by atoms with Gasteiger partial charge in [-0.15, -0.1) is 0 Å². The Balaban J connectivity index is 1.95. The summed E-state index contributed by atoms with van der Waals surface area (Å²) in [4.78, 5) is 4.24. The van der Waals surface area contributed by atoms with Crippen molar-refractivity contribution >= 4 is 11.4 Å². The van der Waals surface area contributed by atoms with Crippen LogP contribution in [0.3, 0.4) is 0 Å². The van der Waals surface area contributed by atoms with E-state index in [9.17, 15) is 0 Å². The summed E-state index contributed by atoms with van der Waals surface area (Å²) in [5, 5.41) is 6.85. The molecule has 2 unspecified atom stereocenters. The summed E-state index contributed by atoms with van der Waals surface area (Å²) >= 11 is 0. The smallest absolute Gasteiger partial charge is 0.0549 e. The third kappa shape index (κ3) is 2.87. The van der Waals surface area contributed by atoms with Gasteiger partial charge in [0.15, 0.2) is 0 Å². The summed E-state index contributed by atoms with van der Waals surface area (Å²) in [5.74, 6) is 0.863. The predicted molar refractivity (Wildman–Crippen MR) is 68.8 cm³/mol. The largest absolute Gasteiger partial charge is 0.384 e. The van der Waals surface area contributed by atoms with E-state index in [-0.39, 0.29) is 0 Å². The van der Waals surface area contributed by atoms with Crippen molar-refractivity contribution in [3.8, 4) is 0 Å². The molecule has 1 aromatic heterocycles. The number of pyridine rings is 1. The van der Waals surface area contributed by atoms with Crippen molar-refractivity contribution in [3.05, 3.63) is 18.5 Å². The molecule has 0 amide bonds. The maximum atomic E-state index is 4.24. The average Bonchev–Trinajstić information content (AvgIpc) is 2.65. The third-order valence-corrected chi connectivity index (χ3v) is 3.18. The normalized spacial score (nSPS) is 24.4. The highest BCUT2D eigenvalue weighted by atomic mass is 15.0. The molecule has 1 fully saturated rings. The van der Waals surface area contributed by atoms with Gasteiger partial charge in [0.25, 0.3) is 0 Å². The Morgan fingerprint density at radius 1 is 1.31 bits per heavy atom. The van der Waals surface area contributed by atoms with E-state index in [1.54, 1.807) is 0 Å². The van der Waals surface area contributed by atoms with E-state index in [1.807, 2.05) is 12.4 Å². The standard InChI is InChI=1S/C13H21N3/c1-3-15-12-7-13(9-14-8-12)16-11-5-4-10(2)6-11/h7-11,15-16H,3-6H2,1-2H3. The molecule has 3 nitrogen and oxygen atoms in total. The zero-order valence-corrected chi connectivity index (χ0v) is 10.2. The Labute approximate surface area is 97.7 Å². The summed E-state index contributed by atoms with van der Waals surface area (Å²) in [6.07, 6.45) is 7.69. The molecule has 0 aromatic carbocycles. The highest BCUT2D eigenvalue weighted by Crippen LogP contribution is 2.27. The topological polar surface area (TPSA) is 37.0 Å². The van der Waals surface area contributed by atoms with E-state index in [0.29, 0.717) is 6.04 Å². The molecule has 88 valence electrons. The fourth-order valence-electron chi connectivity index (χ4n) is 2.39. The molecule has 0 radical (unpaired) electrons. The molecule has 2 N–H and O–H groups in total. The van der Waals surface area contributed by atoms with E-state index in [0.717, 1.165) is 23.8 Å². The van der Waals surface area contributed by atoms with Crippen LogP contribution >= 0.6 is 0 Å². The molecule has 16 heavy (non-hydrogen) atoms. The van der Waals surface area contributed by atoms with E-state index in [4.69, 9.17) is 0 Å². The Morgan fingerprint density at radius 2 is 2.12 bits per heavy atom. The molecule has 2 rings (SSSR count). The number of hydrogen-bond donors (Lipinski definition) is 2. The summed E-state index contributed by atoms with van der Waals surface area (Å²) in [6, 6.07) is 2.77. The van der Waals surface area contributed by atoms with Gasteiger partial charge in [-0.05, 0) is 38.2 Å². The number of hydrogen-bond acceptors (Lipinski definition) is 3. The monoisotopic (exact) mass is 219 g/mol. The molecular formula is C13H21N3. The van der Waals surface area contributed by atoms with Crippen molar-refractivity contribution in [2.45, 2.75) is 39.2 Å². The molecular weight excluding hydrogens is 198 g/mol. The van der Waals surface area contributed by atoms with Gasteiger partial charge in [0.1, 0.15) is 0 Å². The van der Waals surface area contributed by atoms with E-state index >= 15 is 0 Å². The van der Waals surface area contributed by atoms with Crippen LogP contribution in [0.15, 0.2) is 18.5 Å². The number of anilines is 2. The van der Waals surface area contributed by atoms with Crippen LogP contribution < -0.4 is 10.6 Å². The first-order valence-electron chi connectivity index (χ1n) is 6.23. The van der Waals surface area contributed by atoms with Crippen molar-refractivity contribution < 1.29 is 0 Å². The highest BCUT2D eigenvalue weighted by molar-refractivity contribution is 5.54. The van der Waals surface area contributed by atoms with Crippen LogP contribution in [0.2, 0.25) is 0 Å². The number of nitrogens with one attached hydrogen (secondary N) is 2. The third-order valence-electron chi connectivity index (χ3n) is 3.18. The molecule has 3 heteroatoms. The minimum Gasteiger partial charge on any atom is -0.384 e.